The van der Waals surface area contributed by atoms with Gasteiger partial charge in [-0.2, -0.15) is 0 Å². The maximum absolute atomic E-state index is 14.0. The van der Waals surface area contributed by atoms with Gasteiger partial charge in [0.05, 0.1) is 12.6 Å². The Morgan fingerprint density at radius 3 is 3.04 bits per heavy atom. The molecule has 2 aliphatic rings. The number of nitrogens with zero attached hydrogens (tertiary/aromatic N) is 3. The molecule has 0 radical (unpaired) electrons. The van der Waals surface area contributed by atoms with Crippen molar-refractivity contribution >= 4 is 11.8 Å². The molecule has 2 fully saturated rings. The van der Waals surface area contributed by atoms with Crippen LogP contribution in [-0.2, 0) is 4.74 Å². The molecule has 2 saturated heterocycles. The van der Waals surface area contributed by atoms with E-state index in [4.69, 9.17) is 4.74 Å². The number of hydrogen-bond acceptors (Lipinski definition) is 3. The number of carbonyl (C=O) groups is 1. The van der Waals surface area contributed by atoms with Gasteiger partial charge in [0, 0.05) is 24.9 Å². The molecule has 0 saturated carbocycles. The minimum Gasteiger partial charge on any atom is -0.379 e. The molecule has 4 rings (SSSR count). The van der Waals surface area contributed by atoms with Crippen molar-refractivity contribution in [2.45, 2.75) is 25.8 Å². The summed E-state index contributed by atoms with van der Waals surface area (Å²) in [5.41, 5.74) is 1.11. The summed E-state index contributed by atoms with van der Waals surface area (Å²) in [5, 5.41) is 7.18. The van der Waals surface area contributed by atoms with Gasteiger partial charge in [0.1, 0.15) is 11.5 Å². The number of amides is 2. The number of aromatic nitrogens is 2. The van der Waals surface area contributed by atoms with E-state index in [0.29, 0.717) is 24.0 Å². The number of anilines is 1. The summed E-state index contributed by atoms with van der Waals surface area (Å²) in [7, 11) is 0. The van der Waals surface area contributed by atoms with E-state index in [2.05, 4.69) is 10.4 Å². The van der Waals surface area contributed by atoms with Crippen LogP contribution in [0.2, 0.25) is 0 Å². The maximum atomic E-state index is 14.0. The molecule has 2 atom stereocenters. The standard InChI is InChI=1S/C18H21FN4O2/c1-12-8-17(21-23(12)16-5-3-2-4-15(16)19)20-18(24)22-7-6-13-9-14(22)11-25-10-13/h2-5,8,13-14H,6-7,9-11H2,1H3,(H,20,21,24). The highest BCUT2D eigenvalue weighted by Crippen LogP contribution is 2.28. The van der Waals surface area contributed by atoms with E-state index in [1.54, 1.807) is 24.3 Å². The molecule has 132 valence electrons. The van der Waals surface area contributed by atoms with Gasteiger partial charge >= 0.3 is 6.03 Å². The van der Waals surface area contributed by atoms with Gasteiger partial charge in [0.15, 0.2) is 5.82 Å². The van der Waals surface area contributed by atoms with Gasteiger partial charge in [-0.15, -0.1) is 5.10 Å². The van der Waals surface area contributed by atoms with Crippen molar-refractivity contribution in [2.24, 2.45) is 5.92 Å². The van der Waals surface area contributed by atoms with Gasteiger partial charge in [0.2, 0.25) is 0 Å². The number of benzene rings is 1. The van der Waals surface area contributed by atoms with Crippen LogP contribution >= 0.6 is 0 Å². The second-order valence-electron chi connectivity index (χ2n) is 6.74. The molecule has 0 aliphatic carbocycles. The van der Waals surface area contributed by atoms with Crippen molar-refractivity contribution in [1.29, 1.82) is 0 Å². The van der Waals surface area contributed by atoms with E-state index < -0.39 is 0 Å². The molecule has 2 bridgehead atoms. The highest BCUT2D eigenvalue weighted by atomic mass is 19.1. The van der Waals surface area contributed by atoms with E-state index >= 15 is 0 Å². The maximum Gasteiger partial charge on any atom is 0.323 e. The lowest BCUT2D eigenvalue weighted by molar-refractivity contribution is -0.0296. The van der Waals surface area contributed by atoms with E-state index in [9.17, 15) is 9.18 Å². The van der Waals surface area contributed by atoms with Gasteiger partial charge in [-0.25, -0.2) is 13.9 Å². The Bertz CT molecular complexity index is 791. The Labute approximate surface area is 145 Å². The normalized spacial score (nSPS) is 22.7. The lowest BCUT2D eigenvalue weighted by Crippen LogP contribution is -2.53. The summed E-state index contributed by atoms with van der Waals surface area (Å²) in [4.78, 5) is 14.5. The molecule has 2 aliphatic heterocycles. The molecule has 6 nitrogen and oxygen atoms in total. The first kappa shape index (κ1) is 16.1. The Morgan fingerprint density at radius 1 is 1.36 bits per heavy atom. The Morgan fingerprint density at radius 2 is 2.20 bits per heavy atom. The van der Waals surface area contributed by atoms with Crippen molar-refractivity contribution in [3.63, 3.8) is 0 Å². The van der Waals surface area contributed by atoms with E-state index in [1.807, 2.05) is 11.8 Å². The van der Waals surface area contributed by atoms with Crippen LogP contribution in [0.25, 0.3) is 5.69 Å². The first-order valence-corrected chi connectivity index (χ1v) is 8.59. The number of hydrogen-bond donors (Lipinski definition) is 1. The zero-order valence-electron chi connectivity index (χ0n) is 14.1. The summed E-state index contributed by atoms with van der Waals surface area (Å²) in [6.07, 6.45) is 1.96. The molecule has 2 unspecified atom stereocenters. The Kier molecular flexibility index (Phi) is 4.17. The fourth-order valence-corrected chi connectivity index (χ4v) is 3.67. The van der Waals surface area contributed by atoms with Crippen LogP contribution in [0.4, 0.5) is 15.0 Å². The average molecular weight is 344 g/mol. The van der Waals surface area contributed by atoms with Crippen molar-refractivity contribution in [3.8, 4) is 5.69 Å². The molecule has 3 heterocycles. The van der Waals surface area contributed by atoms with Crippen LogP contribution in [0.5, 0.6) is 0 Å². The predicted octanol–water partition coefficient (Wildman–Crippen LogP) is 2.96. The van der Waals surface area contributed by atoms with Crippen LogP contribution in [0.15, 0.2) is 30.3 Å². The lowest BCUT2D eigenvalue weighted by atomic mass is 9.90. The largest absolute Gasteiger partial charge is 0.379 e. The molecular weight excluding hydrogens is 323 g/mol. The molecule has 1 aromatic heterocycles. The van der Waals surface area contributed by atoms with Crippen LogP contribution in [-0.4, -0.2) is 46.5 Å². The second kappa shape index (κ2) is 6.48. The number of rotatable bonds is 2. The summed E-state index contributed by atoms with van der Waals surface area (Å²) in [6, 6.07) is 8.14. The summed E-state index contributed by atoms with van der Waals surface area (Å²) in [5.74, 6) is 0.628. The zero-order chi connectivity index (χ0) is 17.4. The smallest absolute Gasteiger partial charge is 0.323 e. The average Bonchev–Trinajstić information content (AvgIpc) is 2.95. The van der Waals surface area contributed by atoms with Crippen molar-refractivity contribution in [2.75, 3.05) is 25.1 Å². The summed E-state index contributed by atoms with van der Waals surface area (Å²) >= 11 is 0. The van der Waals surface area contributed by atoms with Gasteiger partial charge in [-0.05, 0) is 37.8 Å². The molecule has 25 heavy (non-hydrogen) atoms. The minimum absolute atomic E-state index is 0.127. The second-order valence-corrected chi connectivity index (χ2v) is 6.74. The number of aryl methyl sites for hydroxylation is 1. The Balaban J connectivity index is 1.51. The third-order valence-corrected chi connectivity index (χ3v) is 4.95. The number of carbonyl (C=O) groups excluding carboxylic acids is 1. The minimum atomic E-state index is -0.354. The molecule has 0 spiro atoms. The van der Waals surface area contributed by atoms with Gasteiger partial charge in [0.25, 0.3) is 0 Å². The van der Waals surface area contributed by atoms with Crippen LogP contribution < -0.4 is 5.32 Å². The number of urea groups is 1. The predicted molar refractivity (Wildman–Crippen MR) is 91.3 cm³/mol. The van der Waals surface area contributed by atoms with E-state index in [0.717, 1.165) is 31.7 Å². The number of ether oxygens (including phenoxy) is 1. The van der Waals surface area contributed by atoms with Gasteiger partial charge < -0.3 is 9.64 Å². The molecule has 2 aromatic rings. The number of likely N-dealkylation sites (tertiary alicyclic amines) is 1. The van der Waals surface area contributed by atoms with Gasteiger partial charge in [-0.1, -0.05) is 12.1 Å². The van der Waals surface area contributed by atoms with E-state index in [1.165, 1.54) is 10.7 Å². The summed E-state index contributed by atoms with van der Waals surface area (Å²) < 4.78 is 21.1. The number of halogens is 1. The first-order valence-electron chi connectivity index (χ1n) is 8.59. The number of para-hydroxylation sites is 1. The van der Waals surface area contributed by atoms with Crippen molar-refractivity contribution < 1.29 is 13.9 Å². The molecular formula is C18H21FN4O2. The number of piperidine rings is 1. The number of nitrogens with one attached hydrogen (secondary N) is 1. The topological polar surface area (TPSA) is 59.4 Å². The fourth-order valence-electron chi connectivity index (χ4n) is 3.67. The van der Waals surface area contributed by atoms with E-state index in [-0.39, 0.29) is 17.9 Å². The zero-order valence-corrected chi connectivity index (χ0v) is 14.1. The third-order valence-electron chi connectivity index (χ3n) is 4.95. The third kappa shape index (κ3) is 3.11. The van der Waals surface area contributed by atoms with Crippen LogP contribution in [0, 0.1) is 18.7 Å². The first-order chi connectivity index (χ1) is 12.1. The highest BCUT2D eigenvalue weighted by Gasteiger charge is 2.35. The molecule has 1 aromatic carbocycles. The summed E-state index contributed by atoms with van der Waals surface area (Å²) in [6.45, 7) is 3.96. The fraction of sp³-hybridized carbons (Fsp3) is 0.444. The van der Waals surface area contributed by atoms with Crippen LogP contribution in [0.3, 0.4) is 0 Å². The SMILES string of the molecule is Cc1cc(NC(=O)N2CCC3COCC2C3)nn1-c1ccccc1F. The van der Waals surface area contributed by atoms with Crippen molar-refractivity contribution in [3.05, 3.63) is 41.8 Å². The van der Waals surface area contributed by atoms with Crippen molar-refractivity contribution in [1.82, 2.24) is 14.7 Å². The molecule has 2 amide bonds. The molecule has 7 heteroatoms. The van der Waals surface area contributed by atoms with Crippen LogP contribution in [0.1, 0.15) is 18.5 Å². The highest BCUT2D eigenvalue weighted by molar-refractivity contribution is 5.88. The monoisotopic (exact) mass is 344 g/mol. The van der Waals surface area contributed by atoms with Gasteiger partial charge in [-0.3, -0.25) is 5.32 Å². The quantitative estimate of drug-likeness (QED) is 0.911. The number of fused-ring (bicyclic) bond motifs is 2. The lowest BCUT2D eigenvalue weighted by Gasteiger charge is -2.42. The molecule has 1 N–H and O–H groups in total. The Hall–Kier alpha value is -2.41.